The zero-order valence-electron chi connectivity index (χ0n) is 17.1. The van der Waals surface area contributed by atoms with Gasteiger partial charge in [-0.05, 0) is 36.6 Å². The molecule has 2 aromatic rings. The largest absolute Gasteiger partial charge is 0.481 e. The molecule has 0 unspecified atom stereocenters. The highest BCUT2D eigenvalue weighted by atomic mass is 19.1. The van der Waals surface area contributed by atoms with E-state index in [0.29, 0.717) is 24.0 Å². The summed E-state index contributed by atoms with van der Waals surface area (Å²) >= 11 is 0. The molecule has 3 rings (SSSR count). The first kappa shape index (κ1) is 23.7. The van der Waals surface area contributed by atoms with Crippen molar-refractivity contribution in [3.63, 3.8) is 0 Å². The van der Waals surface area contributed by atoms with Crippen LogP contribution in [0.15, 0.2) is 30.3 Å². The minimum Gasteiger partial charge on any atom is -0.481 e. The fraction of sp³-hybridized carbons (Fsp3) is 0.273. The van der Waals surface area contributed by atoms with Crippen LogP contribution in [0.25, 0.3) is 0 Å². The number of aliphatic carboxylic acids is 1. The van der Waals surface area contributed by atoms with Gasteiger partial charge in [0.1, 0.15) is 5.82 Å². The van der Waals surface area contributed by atoms with E-state index in [-0.39, 0.29) is 47.4 Å². The van der Waals surface area contributed by atoms with Crippen LogP contribution >= 0.6 is 0 Å². The minimum atomic E-state index is -0.982. The van der Waals surface area contributed by atoms with Crippen molar-refractivity contribution in [1.82, 2.24) is 0 Å². The van der Waals surface area contributed by atoms with Crippen LogP contribution in [0.4, 0.5) is 20.2 Å². The Morgan fingerprint density at radius 3 is 2.13 bits per heavy atom. The summed E-state index contributed by atoms with van der Waals surface area (Å²) in [6.07, 6.45) is 0.748. The monoisotopic (exact) mass is 432 g/mol. The number of ketones is 1. The second-order valence-electron chi connectivity index (χ2n) is 6.91. The highest BCUT2D eigenvalue weighted by molar-refractivity contribution is 6.01. The number of carbonyl (C=O) groups is 4. The molecule has 0 heterocycles. The van der Waals surface area contributed by atoms with Gasteiger partial charge >= 0.3 is 5.97 Å². The minimum absolute atomic E-state index is 0.0294. The number of carbonyl (C=O) groups excluding carboxylic acids is 3. The normalized spacial score (nSPS) is 11.8. The van der Waals surface area contributed by atoms with Crippen molar-refractivity contribution in [1.29, 1.82) is 0 Å². The zero-order chi connectivity index (χ0) is 23.1. The molecule has 9 heteroatoms. The van der Waals surface area contributed by atoms with Gasteiger partial charge in [-0.3, -0.25) is 19.2 Å². The molecule has 1 aliphatic carbocycles. The highest BCUT2D eigenvalue weighted by Crippen LogP contribution is 2.29. The molecule has 0 spiro atoms. The quantitative estimate of drug-likeness (QED) is 0.667. The summed E-state index contributed by atoms with van der Waals surface area (Å²) in [6, 6.07) is 7.51. The van der Waals surface area contributed by atoms with Crippen LogP contribution < -0.4 is 10.6 Å². The van der Waals surface area contributed by atoms with E-state index in [2.05, 4.69) is 10.6 Å². The van der Waals surface area contributed by atoms with Crippen molar-refractivity contribution in [3.05, 3.63) is 58.7 Å². The summed E-state index contributed by atoms with van der Waals surface area (Å²) in [5.74, 6) is -2.75. The van der Waals surface area contributed by atoms with Crippen molar-refractivity contribution in [2.24, 2.45) is 0 Å². The third kappa shape index (κ3) is 6.43. The lowest BCUT2D eigenvalue weighted by atomic mass is 10.1. The number of halogens is 2. The van der Waals surface area contributed by atoms with Gasteiger partial charge in [-0.1, -0.05) is 12.1 Å². The molecule has 3 N–H and O–H groups in total. The summed E-state index contributed by atoms with van der Waals surface area (Å²) in [4.78, 5) is 43.2. The zero-order valence-corrected chi connectivity index (χ0v) is 17.1. The molecular weight excluding hydrogens is 410 g/mol. The topological polar surface area (TPSA) is 113 Å². The molecule has 0 saturated heterocycles. The second kappa shape index (κ2) is 10.4. The van der Waals surface area contributed by atoms with E-state index in [1.54, 1.807) is 12.1 Å². The Morgan fingerprint density at radius 2 is 1.55 bits per heavy atom. The maximum Gasteiger partial charge on any atom is 0.303 e. The maximum atomic E-state index is 13.7. The smallest absolute Gasteiger partial charge is 0.303 e. The lowest BCUT2D eigenvalue weighted by molar-refractivity contribution is -0.137. The van der Waals surface area contributed by atoms with Gasteiger partial charge in [0.05, 0.1) is 11.4 Å². The predicted molar refractivity (Wildman–Crippen MR) is 110 cm³/mol. The van der Waals surface area contributed by atoms with E-state index in [9.17, 15) is 28.0 Å². The Morgan fingerprint density at radius 1 is 0.935 bits per heavy atom. The molecule has 0 bridgehead atoms. The first-order valence-electron chi connectivity index (χ1n) is 9.49. The van der Waals surface area contributed by atoms with E-state index in [0.717, 1.165) is 0 Å². The number of carboxylic acid groups (broad SMARTS) is 1. The number of aryl methyl sites for hydroxylation is 1. The molecule has 0 aromatic heterocycles. The number of fused-ring (bicyclic) bond motifs is 1. The Hall–Kier alpha value is -3.62. The summed E-state index contributed by atoms with van der Waals surface area (Å²) in [7, 11) is 0. The molecule has 0 atom stereocenters. The summed E-state index contributed by atoms with van der Waals surface area (Å²) in [5.41, 5.74) is 1.38. The molecule has 2 amide bonds. The van der Waals surface area contributed by atoms with E-state index >= 15 is 0 Å². The van der Waals surface area contributed by atoms with E-state index in [4.69, 9.17) is 5.11 Å². The molecule has 7 nitrogen and oxygen atoms in total. The number of benzene rings is 2. The summed E-state index contributed by atoms with van der Waals surface area (Å²) < 4.78 is 27.4. The molecule has 1 aliphatic rings. The molecule has 0 fully saturated rings. The van der Waals surface area contributed by atoms with Crippen molar-refractivity contribution in [2.45, 2.75) is 39.5 Å². The van der Waals surface area contributed by atoms with Crippen LogP contribution in [0.3, 0.4) is 0 Å². The number of nitrogens with one attached hydrogen (secondary N) is 2. The number of anilines is 2. The van der Waals surface area contributed by atoms with Gasteiger partial charge in [-0.15, -0.1) is 0 Å². The molecular formula is C22H22F2N2O5. The van der Waals surface area contributed by atoms with Crippen LogP contribution in [0, 0.1) is 11.6 Å². The van der Waals surface area contributed by atoms with E-state index in [1.807, 2.05) is 0 Å². The number of Topliss-reactive ketones (excluding diaryl/α,β-unsaturated/α-hetero) is 1. The van der Waals surface area contributed by atoms with Gasteiger partial charge < -0.3 is 15.7 Å². The summed E-state index contributed by atoms with van der Waals surface area (Å²) in [6.45, 7) is 2.60. The van der Waals surface area contributed by atoms with Crippen LogP contribution in [-0.2, 0) is 27.2 Å². The SMILES string of the molecule is CC(=O)Nc1ccc2c(c1F)CCC2=O.CC(=O)Nc1cccc(CCC(=O)O)c1F. The lowest BCUT2D eigenvalue weighted by Gasteiger charge is -2.07. The molecule has 2 aromatic carbocycles. The standard InChI is InChI=1S/C11H12FNO3.C11H10FNO2/c1-7(14)13-9-4-2-3-8(11(9)12)5-6-10(15)16;1-6(14)13-9-4-2-7-8(11(9)12)3-5-10(7)15/h2-4H,5-6H2,1H3,(H,13,14)(H,15,16);2,4H,3,5H2,1H3,(H,13,14). The van der Waals surface area contributed by atoms with Crippen molar-refractivity contribution in [3.8, 4) is 0 Å². The molecule has 164 valence electrons. The van der Waals surface area contributed by atoms with Gasteiger partial charge in [0, 0.05) is 37.8 Å². The van der Waals surface area contributed by atoms with Crippen LogP contribution in [0.2, 0.25) is 0 Å². The Bertz CT molecular complexity index is 1040. The number of hydrogen-bond acceptors (Lipinski definition) is 4. The van der Waals surface area contributed by atoms with Crippen molar-refractivity contribution < 1.29 is 33.1 Å². The van der Waals surface area contributed by atoms with Crippen molar-refractivity contribution in [2.75, 3.05) is 10.6 Å². The number of amides is 2. The molecule has 0 aliphatic heterocycles. The molecule has 31 heavy (non-hydrogen) atoms. The Labute approximate surface area is 177 Å². The first-order chi connectivity index (χ1) is 14.6. The van der Waals surface area contributed by atoms with Gasteiger partial charge in [-0.25, -0.2) is 8.78 Å². The maximum absolute atomic E-state index is 13.7. The number of rotatable bonds is 5. The average Bonchev–Trinajstić information content (AvgIpc) is 3.06. The lowest BCUT2D eigenvalue weighted by Crippen LogP contribution is -2.09. The van der Waals surface area contributed by atoms with Crippen molar-refractivity contribution >= 4 is 34.9 Å². The van der Waals surface area contributed by atoms with E-state index < -0.39 is 17.6 Å². The molecule has 0 saturated carbocycles. The first-order valence-corrected chi connectivity index (χ1v) is 9.49. The van der Waals surface area contributed by atoms with Crippen LogP contribution in [-0.4, -0.2) is 28.7 Å². The fourth-order valence-electron chi connectivity index (χ4n) is 3.09. The highest BCUT2D eigenvalue weighted by Gasteiger charge is 2.24. The third-order valence-electron chi connectivity index (χ3n) is 4.45. The van der Waals surface area contributed by atoms with Gasteiger partial charge in [0.25, 0.3) is 0 Å². The van der Waals surface area contributed by atoms with E-state index in [1.165, 1.54) is 32.0 Å². The van der Waals surface area contributed by atoms with Gasteiger partial charge in [-0.2, -0.15) is 0 Å². The fourth-order valence-corrected chi connectivity index (χ4v) is 3.09. The van der Waals surface area contributed by atoms with Crippen LogP contribution in [0.1, 0.15) is 48.2 Å². The number of hydrogen-bond donors (Lipinski definition) is 3. The Balaban J connectivity index is 0.000000220. The average molecular weight is 432 g/mol. The second-order valence-corrected chi connectivity index (χ2v) is 6.91. The number of carboxylic acids is 1. The predicted octanol–water partition coefficient (Wildman–Crippen LogP) is 3.71. The Kier molecular flexibility index (Phi) is 7.95. The van der Waals surface area contributed by atoms with Gasteiger partial charge in [0.2, 0.25) is 11.8 Å². The van der Waals surface area contributed by atoms with Crippen LogP contribution in [0.5, 0.6) is 0 Å². The molecule has 0 radical (unpaired) electrons. The third-order valence-corrected chi connectivity index (χ3v) is 4.45. The summed E-state index contributed by atoms with van der Waals surface area (Å²) in [5, 5.41) is 13.2. The van der Waals surface area contributed by atoms with Gasteiger partial charge in [0.15, 0.2) is 11.6 Å².